The van der Waals surface area contributed by atoms with Crippen molar-refractivity contribution in [2.75, 3.05) is 6.61 Å². The van der Waals surface area contributed by atoms with E-state index in [1.54, 1.807) is 0 Å². The molecular weight excluding hydrogens is 164 g/mol. The SMILES string of the molecule is CCCCC[C@@H](CC)C(=O)OCC. The van der Waals surface area contributed by atoms with Gasteiger partial charge in [-0.15, -0.1) is 0 Å². The van der Waals surface area contributed by atoms with Crippen LogP contribution in [0.4, 0.5) is 0 Å². The van der Waals surface area contributed by atoms with E-state index in [9.17, 15) is 4.79 Å². The highest BCUT2D eigenvalue weighted by atomic mass is 16.5. The zero-order chi connectivity index (χ0) is 10.1. The van der Waals surface area contributed by atoms with Gasteiger partial charge in [0.2, 0.25) is 0 Å². The minimum atomic E-state index is -0.0129. The highest BCUT2D eigenvalue weighted by Crippen LogP contribution is 2.14. The van der Waals surface area contributed by atoms with Crippen molar-refractivity contribution < 1.29 is 9.53 Å². The van der Waals surface area contributed by atoms with Gasteiger partial charge in [0.15, 0.2) is 0 Å². The maximum absolute atomic E-state index is 11.3. The number of hydrogen-bond acceptors (Lipinski definition) is 2. The maximum Gasteiger partial charge on any atom is 0.308 e. The molecule has 0 amide bonds. The van der Waals surface area contributed by atoms with Crippen LogP contribution < -0.4 is 0 Å². The molecule has 0 aromatic heterocycles. The molecule has 0 aromatic carbocycles. The Balaban J connectivity index is 3.67. The molecule has 0 aromatic rings. The summed E-state index contributed by atoms with van der Waals surface area (Å²) < 4.78 is 4.99. The van der Waals surface area contributed by atoms with Gasteiger partial charge in [-0.25, -0.2) is 0 Å². The van der Waals surface area contributed by atoms with Crippen molar-refractivity contribution >= 4 is 5.97 Å². The third-order valence-electron chi connectivity index (χ3n) is 2.27. The summed E-state index contributed by atoms with van der Waals surface area (Å²) in [6.45, 7) is 6.58. The summed E-state index contributed by atoms with van der Waals surface area (Å²) in [7, 11) is 0. The van der Waals surface area contributed by atoms with E-state index < -0.39 is 0 Å². The Morgan fingerprint density at radius 2 is 1.92 bits per heavy atom. The first-order valence-corrected chi connectivity index (χ1v) is 5.42. The first kappa shape index (κ1) is 12.5. The summed E-state index contributed by atoms with van der Waals surface area (Å²) in [6.07, 6.45) is 5.47. The monoisotopic (exact) mass is 186 g/mol. The van der Waals surface area contributed by atoms with E-state index in [1.165, 1.54) is 12.8 Å². The van der Waals surface area contributed by atoms with E-state index in [-0.39, 0.29) is 11.9 Å². The standard InChI is InChI=1S/C11H22O2/c1-4-7-8-9-10(5-2)11(12)13-6-3/h10H,4-9H2,1-3H3/t10-/m1/s1. The van der Waals surface area contributed by atoms with Gasteiger partial charge in [-0.05, 0) is 19.8 Å². The van der Waals surface area contributed by atoms with Gasteiger partial charge in [-0.2, -0.15) is 0 Å². The Morgan fingerprint density at radius 3 is 2.38 bits per heavy atom. The molecular formula is C11H22O2. The smallest absolute Gasteiger partial charge is 0.308 e. The van der Waals surface area contributed by atoms with Crippen molar-refractivity contribution in [2.45, 2.75) is 52.9 Å². The third kappa shape index (κ3) is 5.67. The van der Waals surface area contributed by atoms with Crippen LogP contribution in [-0.2, 0) is 9.53 Å². The summed E-state index contributed by atoms with van der Waals surface area (Å²) in [5.41, 5.74) is 0. The summed E-state index contributed by atoms with van der Waals surface area (Å²) in [5, 5.41) is 0. The molecule has 0 fully saturated rings. The summed E-state index contributed by atoms with van der Waals surface area (Å²) in [4.78, 5) is 11.3. The van der Waals surface area contributed by atoms with Crippen LogP contribution in [0.2, 0.25) is 0 Å². The molecule has 0 unspecified atom stereocenters. The van der Waals surface area contributed by atoms with Crippen molar-refractivity contribution in [2.24, 2.45) is 5.92 Å². The number of carbonyl (C=O) groups is 1. The van der Waals surface area contributed by atoms with Crippen LogP contribution >= 0.6 is 0 Å². The lowest BCUT2D eigenvalue weighted by Crippen LogP contribution is -2.16. The molecule has 78 valence electrons. The lowest BCUT2D eigenvalue weighted by molar-refractivity contribution is -0.148. The van der Waals surface area contributed by atoms with Gasteiger partial charge in [-0.1, -0.05) is 33.1 Å². The fraction of sp³-hybridized carbons (Fsp3) is 0.909. The Morgan fingerprint density at radius 1 is 1.23 bits per heavy atom. The molecule has 0 radical (unpaired) electrons. The average molecular weight is 186 g/mol. The summed E-state index contributed by atoms with van der Waals surface area (Å²) >= 11 is 0. The number of unbranched alkanes of at least 4 members (excludes halogenated alkanes) is 2. The molecule has 0 N–H and O–H groups in total. The molecule has 0 spiro atoms. The van der Waals surface area contributed by atoms with Gasteiger partial charge in [0, 0.05) is 0 Å². The van der Waals surface area contributed by atoms with Gasteiger partial charge in [0.1, 0.15) is 0 Å². The van der Waals surface area contributed by atoms with Crippen molar-refractivity contribution in [3.8, 4) is 0 Å². The Bertz CT molecular complexity index is 132. The van der Waals surface area contributed by atoms with Crippen LogP contribution in [0.1, 0.15) is 52.9 Å². The van der Waals surface area contributed by atoms with Crippen LogP contribution in [0.15, 0.2) is 0 Å². The molecule has 0 rings (SSSR count). The molecule has 0 saturated heterocycles. The van der Waals surface area contributed by atoms with Crippen LogP contribution in [0.25, 0.3) is 0 Å². The van der Waals surface area contributed by atoms with Gasteiger partial charge in [0.25, 0.3) is 0 Å². The number of rotatable bonds is 7. The van der Waals surface area contributed by atoms with Crippen LogP contribution in [0.5, 0.6) is 0 Å². The zero-order valence-corrected chi connectivity index (χ0v) is 9.14. The van der Waals surface area contributed by atoms with Crippen molar-refractivity contribution in [3.63, 3.8) is 0 Å². The topological polar surface area (TPSA) is 26.3 Å². The second-order valence-corrected chi connectivity index (χ2v) is 3.35. The average Bonchev–Trinajstić information content (AvgIpc) is 2.13. The fourth-order valence-corrected chi connectivity index (χ4v) is 1.39. The van der Waals surface area contributed by atoms with Gasteiger partial charge in [-0.3, -0.25) is 4.79 Å². The number of ether oxygens (including phenoxy) is 1. The predicted molar refractivity (Wildman–Crippen MR) is 54.6 cm³/mol. The minimum absolute atomic E-state index is 0.0129. The second kappa shape index (κ2) is 8.09. The predicted octanol–water partition coefficient (Wildman–Crippen LogP) is 3.16. The normalized spacial score (nSPS) is 12.5. The van der Waals surface area contributed by atoms with E-state index in [4.69, 9.17) is 4.74 Å². The van der Waals surface area contributed by atoms with E-state index in [1.807, 2.05) is 13.8 Å². The molecule has 13 heavy (non-hydrogen) atoms. The molecule has 0 aliphatic carbocycles. The molecule has 0 aliphatic rings. The lowest BCUT2D eigenvalue weighted by atomic mass is 9.99. The zero-order valence-electron chi connectivity index (χ0n) is 9.14. The van der Waals surface area contributed by atoms with E-state index in [0.717, 1.165) is 19.3 Å². The van der Waals surface area contributed by atoms with Gasteiger partial charge >= 0.3 is 5.97 Å². The number of esters is 1. The van der Waals surface area contributed by atoms with Crippen LogP contribution in [0.3, 0.4) is 0 Å². The van der Waals surface area contributed by atoms with Crippen molar-refractivity contribution in [1.82, 2.24) is 0 Å². The Hall–Kier alpha value is -0.530. The van der Waals surface area contributed by atoms with E-state index >= 15 is 0 Å². The summed E-state index contributed by atoms with van der Waals surface area (Å²) in [5.74, 6) is 0.118. The van der Waals surface area contributed by atoms with Crippen LogP contribution in [0, 0.1) is 5.92 Å². The van der Waals surface area contributed by atoms with Gasteiger partial charge < -0.3 is 4.74 Å². The number of hydrogen-bond donors (Lipinski definition) is 0. The Labute approximate surface area is 81.7 Å². The second-order valence-electron chi connectivity index (χ2n) is 3.35. The van der Waals surface area contributed by atoms with E-state index in [2.05, 4.69) is 6.92 Å². The molecule has 0 bridgehead atoms. The quantitative estimate of drug-likeness (QED) is 0.451. The highest BCUT2D eigenvalue weighted by molar-refractivity contribution is 5.72. The molecule has 2 nitrogen and oxygen atoms in total. The first-order chi connectivity index (χ1) is 6.26. The largest absolute Gasteiger partial charge is 0.466 e. The molecule has 0 heterocycles. The Kier molecular flexibility index (Phi) is 7.76. The minimum Gasteiger partial charge on any atom is -0.466 e. The van der Waals surface area contributed by atoms with Crippen molar-refractivity contribution in [1.29, 1.82) is 0 Å². The van der Waals surface area contributed by atoms with Gasteiger partial charge in [0.05, 0.1) is 12.5 Å². The molecule has 0 saturated carbocycles. The fourth-order valence-electron chi connectivity index (χ4n) is 1.39. The lowest BCUT2D eigenvalue weighted by Gasteiger charge is -2.12. The third-order valence-corrected chi connectivity index (χ3v) is 2.27. The highest BCUT2D eigenvalue weighted by Gasteiger charge is 2.16. The van der Waals surface area contributed by atoms with Crippen molar-refractivity contribution in [3.05, 3.63) is 0 Å². The first-order valence-electron chi connectivity index (χ1n) is 5.42. The molecule has 2 heteroatoms. The van der Waals surface area contributed by atoms with E-state index in [0.29, 0.717) is 6.61 Å². The van der Waals surface area contributed by atoms with Crippen LogP contribution in [-0.4, -0.2) is 12.6 Å². The molecule has 0 aliphatic heterocycles. The maximum atomic E-state index is 11.3. The summed E-state index contributed by atoms with van der Waals surface area (Å²) in [6, 6.07) is 0. The number of carbonyl (C=O) groups excluding carboxylic acids is 1. The molecule has 1 atom stereocenters.